The summed E-state index contributed by atoms with van der Waals surface area (Å²) in [5.41, 5.74) is 1.70. The van der Waals surface area contributed by atoms with Crippen molar-refractivity contribution in [3.63, 3.8) is 0 Å². The van der Waals surface area contributed by atoms with Crippen molar-refractivity contribution < 1.29 is 0 Å². The normalized spacial score (nSPS) is 24.0. The Morgan fingerprint density at radius 1 is 0.800 bits per heavy atom. The highest BCUT2D eigenvalue weighted by Crippen LogP contribution is 2.37. The molecule has 0 atom stereocenters. The van der Waals surface area contributed by atoms with Crippen molar-refractivity contribution in [3.8, 4) is 0 Å². The third-order valence-electron chi connectivity index (χ3n) is 5.09. The molecule has 1 aromatic carbocycles. The molecule has 2 aliphatic rings. The number of benzene rings is 1. The van der Waals surface area contributed by atoms with Crippen molar-refractivity contribution in [2.45, 2.75) is 56.9 Å². The van der Waals surface area contributed by atoms with Crippen molar-refractivity contribution in [2.75, 3.05) is 13.1 Å². The van der Waals surface area contributed by atoms with Crippen LogP contribution in [-0.2, 0) is 0 Å². The Balaban J connectivity index is 1.80. The van der Waals surface area contributed by atoms with Crippen LogP contribution in [0.2, 0.25) is 0 Å². The van der Waals surface area contributed by atoms with E-state index in [9.17, 15) is 0 Å². The summed E-state index contributed by atoms with van der Waals surface area (Å²) in [7, 11) is 0. The van der Waals surface area contributed by atoms with E-state index in [0.29, 0.717) is 5.54 Å². The minimum absolute atomic E-state index is 0.356. The van der Waals surface area contributed by atoms with Gasteiger partial charge >= 0.3 is 0 Å². The van der Waals surface area contributed by atoms with E-state index in [1.54, 1.807) is 0 Å². The van der Waals surface area contributed by atoms with Gasteiger partial charge in [0.05, 0.1) is 0 Å². The molecule has 0 amide bonds. The van der Waals surface area contributed by atoms with Gasteiger partial charge in [-0.2, -0.15) is 0 Å². The SMILES string of the molecule is C(=C\C1(N2CCCCC2)CCCCC1)/c1ccccc1. The van der Waals surface area contributed by atoms with Gasteiger partial charge in [0.1, 0.15) is 0 Å². The molecule has 1 saturated heterocycles. The third kappa shape index (κ3) is 3.15. The number of likely N-dealkylation sites (tertiary alicyclic amines) is 1. The molecule has 1 nitrogen and oxygen atoms in total. The van der Waals surface area contributed by atoms with Gasteiger partial charge in [0.2, 0.25) is 0 Å². The molecular weight excluding hydrogens is 242 g/mol. The smallest absolute Gasteiger partial charge is 0.0394 e. The van der Waals surface area contributed by atoms with E-state index >= 15 is 0 Å². The number of rotatable bonds is 3. The maximum atomic E-state index is 2.79. The molecule has 108 valence electrons. The van der Waals surface area contributed by atoms with Gasteiger partial charge in [-0.1, -0.05) is 68.2 Å². The van der Waals surface area contributed by atoms with Crippen LogP contribution in [0.3, 0.4) is 0 Å². The average molecular weight is 269 g/mol. The minimum atomic E-state index is 0.356. The molecule has 1 aliphatic heterocycles. The predicted molar refractivity (Wildman–Crippen MR) is 86.7 cm³/mol. The topological polar surface area (TPSA) is 3.24 Å². The lowest BCUT2D eigenvalue weighted by Crippen LogP contribution is -2.50. The van der Waals surface area contributed by atoms with E-state index in [2.05, 4.69) is 47.4 Å². The molecule has 0 N–H and O–H groups in total. The van der Waals surface area contributed by atoms with E-state index in [0.717, 1.165) is 0 Å². The second kappa shape index (κ2) is 6.58. The highest BCUT2D eigenvalue weighted by molar-refractivity contribution is 5.50. The standard InChI is InChI=1S/C19H27N/c1-4-10-18(11-5-1)12-15-19(13-6-2-7-14-19)20-16-8-3-9-17-20/h1,4-5,10-12,15H,2-3,6-9,13-14,16-17H2/b15-12+. The fraction of sp³-hybridized carbons (Fsp3) is 0.579. The van der Waals surface area contributed by atoms with Crippen LogP contribution in [0, 0.1) is 0 Å². The molecular formula is C19H27N. The van der Waals surface area contributed by atoms with Gasteiger partial charge in [0, 0.05) is 5.54 Å². The lowest BCUT2D eigenvalue weighted by atomic mass is 9.78. The molecule has 0 aromatic heterocycles. The Bertz CT molecular complexity index is 422. The van der Waals surface area contributed by atoms with E-state index < -0.39 is 0 Å². The van der Waals surface area contributed by atoms with Crippen LogP contribution in [0.1, 0.15) is 56.9 Å². The van der Waals surface area contributed by atoms with Crippen molar-refractivity contribution in [1.29, 1.82) is 0 Å². The molecule has 0 unspecified atom stereocenters. The maximum Gasteiger partial charge on any atom is 0.0394 e. The van der Waals surface area contributed by atoms with Gasteiger partial charge in [-0.15, -0.1) is 0 Å². The number of nitrogens with zero attached hydrogens (tertiary/aromatic N) is 1. The summed E-state index contributed by atoms with van der Waals surface area (Å²) < 4.78 is 0. The summed E-state index contributed by atoms with van der Waals surface area (Å²) in [6, 6.07) is 10.8. The van der Waals surface area contributed by atoms with E-state index in [4.69, 9.17) is 0 Å². The van der Waals surface area contributed by atoms with Gasteiger partial charge in [0.25, 0.3) is 0 Å². The van der Waals surface area contributed by atoms with Crippen LogP contribution < -0.4 is 0 Å². The van der Waals surface area contributed by atoms with Gasteiger partial charge in [-0.05, 0) is 44.3 Å². The Morgan fingerprint density at radius 2 is 1.45 bits per heavy atom. The van der Waals surface area contributed by atoms with Crippen molar-refractivity contribution in [2.24, 2.45) is 0 Å². The van der Waals surface area contributed by atoms with E-state index in [1.165, 1.54) is 70.0 Å². The molecule has 0 radical (unpaired) electrons. The molecule has 0 spiro atoms. The van der Waals surface area contributed by atoms with E-state index in [-0.39, 0.29) is 0 Å². The van der Waals surface area contributed by atoms with Crippen LogP contribution in [0.4, 0.5) is 0 Å². The zero-order valence-corrected chi connectivity index (χ0v) is 12.6. The van der Waals surface area contributed by atoms with E-state index in [1.807, 2.05) is 0 Å². The second-order valence-corrected chi connectivity index (χ2v) is 6.46. The third-order valence-corrected chi connectivity index (χ3v) is 5.09. The van der Waals surface area contributed by atoms with Gasteiger partial charge in [-0.3, -0.25) is 4.90 Å². The monoisotopic (exact) mass is 269 g/mol. The van der Waals surface area contributed by atoms with Gasteiger partial charge in [0.15, 0.2) is 0 Å². The highest BCUT2D eigenvalue weighted by Gasteiger charge is 2.35. The van der Waals surface area contributed by atoms with Gasteiger partial charge < -0.3 is 0 Å². The fourth-order valence-electron chi connectivity index (χ4n) is 3.91. The summed E-state index contributed by atoms with van der Waals surface area (Å²) in [6.07, 6.45) is 16.0. The van der Waals surface area contributed by atoms with Crippen molar-refractivity contribution >= 4 is 6.08 Å². The highest BCUT2D eigenvalue weighted by atomic mass is 15.2. The first kappa shape index (κ1) is 13.9. The van der Waals surface area contributed by atoms with Crippen molar-refractivity contribution in [3.05, 3.63) is 42.0 Å². The fourth-order valence-corrected chi connectivity index (χ4v) is 3.91. The summed E-state index contributed by atoms with van der Waals surface area (Å²) in [4.78, 5) is 2.79. The van der Waals surface area contributed by atoms with Crippen LogP contribution >= 0.6 is 0 Å². The summed E-state index contributed by atoms with van der Waals surface area (Å²) >= 11 is 0. The first-order chi connectivity index (χ1) is 9.89. The molecule has 1 heteroatoms. The second-order valence-electron chi connectivity index (χ2n) is 6.46. The Labute approximate surface area is 123 Å². The molecule has 1 aromatic rings. The van der Waals surface area contributed by atoms with Crippen LogP contribution in [0.5, 0.6) is 0 Å². The predicted octanol–water partition coefficient (Wildman–Crippen LogP) is 4.89. The maximum absolute atomic E-state index is 2.79. The molecule has 1 saturated carbocycles. The summed E-state index contributed by atoms with van der Waals surface area (Å²) in [6.45, 7) is 2.61. The van der Waals surface area contributed by atoms with Crippen LogP contribution in [0.15, 0.2) is 36.4 Å². The largest absolute Gasteiger partial charge is 0.294 e. The minimum Gasteiger partial charge on any atom is -0.294 e. The van der Waals surface area contributed by atoms with Gasteiger partial charge in [-0.25, -0.2) is 0 Å². The lowest BCUT2D eigenvalue weighted by molar-refractivity contribution is 0.0723. The summed E-state index contributed by atoms with van der Waals surface area (Å²) in [5.74, 6) is 0. The molecule has 1 aliphatic carbocycles. The molecule has 20 heavy (non-hydrogen) atoms. The molecule has 2 fully saturated rings. The van der Waals surface area contributed by atoms with Crippen LogP contribution in [0.25, 0.3) is 6.08 Å². The Morgan fingerprint density at radius 3 is 2.15 bits per heavy atom. The lowest BCUT2D eigenvalue weighted by Gasteiger charge is -2.46. The molecule has 1 heterocycles. The van der Waals surface area contributed by atoms with Crippen LogP contribution in [-0.4, -0.2) is 23.5 Å². The molecule has 3 rings (SSSR count). The quantitative estimate of drug-likeness (QED) is 0.755. The first-order valence-electron chi connectivity index (χ1n) is 8.38. The zero-order chi connectivity index (χ0) is 13.7. The Hall–Kier alpha value is -1.08. The molecule has 0 bridgehead atoms. The first-order valence-corrected chi connectivity index (χ1v) is 8.38. The zero-order valence-electron chi connectivity index (χ0n) is 12.6. The summed E-state index contributed by atoms with van der Waals surface area (Å²) in [5, 5.41) is 0. The number of hydrogen-bond acceptors (Lipinski definition) is 1. The number of hydrogen-bond donors (Lipinski definition) is 0. The number of piperidine rings is 1. The average Bonchev–Trinajstić information content (AvgIpc) is 2.56. The Kier molecular flexibility index (Phi) is 4.57. The van der Waals surface area contributed by atoms with Crippen molar-refractivity contribution in [1.82, 2.24) is 4.90 Å².